The summed E-state index contributed by atoms with van der Waals surface area (Å²) in [6.45, 7) is 13.3. The molecule has 1 nitrogen and oxygen atoms in total. The molecule has 1 aromatic rings. The maximum atomic E-state index is 6.23. The minimum atomic E-state index is 0.496. The molecule has 0 N–H and O–H groups in total. The first kappa shape index (κ1) is 15.8. The van der Waals surface area contributed by atoms with Crippen molar-refractivity contribution in [3.63, 3.8) is 0 Å². The van der Waals surface area contributed by atoms with E-state index in [2.05, 4.69) is 43.3 Å². The van der Waals surface area contributed by atoms with E-state index in [1.807, 2.05) is 19.3 Å². The molecule has 0 aliphatic rings. The first-order valence-electron chi connectivity index (χ1n) is 5.92. The van der Waals surface area contributed by atoms with E-state index >= 15 is 0 Å². The SMILES string of the molecule is C=CSc1cc(/C(C)=C(Cl)/N=C(/C)C=C)ccc1C. The normalized spacial score (nSPS) is 12.9. The topological polar surface area (TPSA) is 12.4 Å². The van der Waals surface area contributed by atoms with Crippen LogP contribution in [0.2, 0.25) is 0 Å². The fourth-order valence-corrected chi connectivity index (χ4v) is 2.32. The number of aliphatic imine (C=N–C) groups is 1. The molecule has 0 aromatic heterocycles. The summed E-state index contributed by atoms with van der Waals surface area (Å²) in [6.07, 6.45) is 1.68. The van der Waals surface area contributed by atoms with Crippen LogP contribution < -0.4 is 0 Å². The molecule has 0 aliphatic heterocycles. The molecule has 0 unspecified atom stereocenters. The molecule has 0 atom stereocenters. The number of thioether (sulfide) groups is 1. The molecule has 0 radical (unpaired) electrons. The minimum Gasteiger partial charge on any atom is -0.241 e. The van der Waals surface area contributed by atoms with Crippen molar-refractivity contribution in [1.82, 2.24) is 0 Å². The second-order valence-electron chi connectivity index (χ2n) is 4.14. The lowest BCUT2D eigenvalue weighted by Gasteiger charge is -2.08. The van der Waals surface area contributed by atoms with Crippen molar-refractivity contribution in [3.8, 4) is 0 Å². The molecule has 0 saturated carbocycles. The number of hydrogen-bond donors (Lipinski definition) is 0. The van der Waals surface area contributed by atoms with Gasteiger partial charge in [0.05, 0.1) is 0 Å². The summed E-state index contributed by atoms with van der Waals surface area (Å²) in [5.74, 6) is 0. The first-order chi connectivity index (χ1) is 8.99. The highest BCUT2D eigenvalue weighted by Gasteiger charge is 2.05. The molecule has 0 spiro atoms. The maximum Gasteiger partial charge on any atom is 0.132 e. The average Bonchev–Trinajstić information content (AvgIpc) is 2.40. The van der Waals surface area contributed by atoms with Crippen LogP contribution in [0.5, 0.6) is 0 Å². The van der Waals surface area contributed by atoms with Gasteiger partial charge in [0.2, 0.25) is 0 Å². The van der Waals surface area contributed by atoms with E-state index in [0.29, 0.717) is 5.16 Å². The molecule has 19 heavy (non-hydrogen) atoms. The molecular formula is C16H18ClNS. The highest BCUT2D eigenvalue weighted by atomic mass is 35.5. The summed E-state index contributed by atoms with van der Waals surface area (Å²) in [7, 11) is 0. The molecule has 0 saturated heterocycles. The number of aryl methyl sites for hydroxylation is 1. The summed E-state index contributed by atoms with van der Waals surface area (Å²) in [5.41, 5.74) is 4.05. The van der Waals surface area contributed by atoms with Gasteiger partial charge >= 0.3 is 0 Å². The lowest BCUT2D eigenvalue weighted by atomic mass is 10.1. The van der Waals surface area contributed by atoms with Gasteiger partial charge in [-0.05, 0) is 55.0 Å². The lowest BCUT2D eigenvalue weighted by molar-refractivity contribution is 1.29. The Morgan fingerprint density at radius 3 is 2.58 bits per heavy atom. The summed E-state index contributed by atoms with van der Waals surface area (Å²) < 4.78 is 0. The third-order valence-corrected chi connectivity index (χ3v) is 3.94. The fraction of sp³-hybridized carbons (Fsp3) is 0.188. The van der Waals surface area contributed by atoms with Gasteiger partial charge in [0.25, 0.3) is 0 Å². The molecule has 0 heterocycles. The Balaban J connectivity index is 3.22. The van der Waals surface area contributed by atoms with Crippen LogP contribution in [-0.4, -0.2) is 5.71 Å². The fourth-order valence-electron chi connectivity index (χ4n) is 1.45. The molecule has 1 aromatic carbocycles. The molecule has 0 fully saturated rings. The second kappa shape index (κ2) is 7.37. The van der Waals surface area contributed by atoms with Crippen LogP contribution in [0, 0.1) is 6.92 Å². The summed E-state index contributed by atoms with van der Waals surface area (Å²) >= 11 is 7.84. The van der Waals surface area contributed by atoms with Gasteiger partial charge in [-0.3, -0.25) is 0 Å². The van der Waals surface area contributed by atoms with Gasteiger partial charge in [0.15, 0.2) is 0 Å². The highest BCUT2D eigenvalue weighted by Crippen LogP contribution is 2.29. The first-order valence-corrected chi connectivity index (χ1v) is 7.18. The third-order valence-electron chi connectivity index (χ3n) is 2.71. The lowest BCUT2D eigenvalue weighted by Crippen LogP contribution is -1.88. The Morgan fingerprint density at radius 2 is 2.00 bits per heavy atom. The molecular weight excluding hydrogens is 274 g/mol. The maximum absolute atomic E-state index is 6.23. The molecule has 0 bridgehead atoms. The summed E-state index contributed by atoms with van der Waals surface area (Å²) in [6, 6.07) is 6.25. The minimum absolute atomic E-state index is 0.496. The number of halogens is 1. The van der Waals surface area contributed by atoms with E-state index in [4.69, 9.17) is 11.6 Å². The van der Waals surface area contributed by atoms with Gasteiger partial charge in [-0.1, -0.05) is 48.7 Å². The largest absolute Gasteiger partial charge is 0.241 e. The average molecular weight is 292 g/mol. The van der Waals surface area contributed by atoms with E-state index < -0.39 is 0 Å². The predicted molar refractivity (Wildman–Crippen MR) is 89.0 cm³/mol. The summed E-state index contributed by atoms with van der Waals surface area (Å²) in [4.78, 5) is 5.47. The van der Waals surface area contributed by atoms with Crippen molar-refractivity contribution >= 4 is 34.6 Å². The number of hydrogen-bond acceptors (Lipinski definition) is 2. The van der Waals surface area contributed by atoms with Crippen molar-refractivity contribution in [2.24, 2.45) is 4.99 Å². The van der Waals surface area contributed by atoms with Crippen molar-refractivity contribution in [2.45, 2.75) is 25.7 Å². The molecule has 100 valence electrons. The van der Waals surface area contributed by atoms with Crippen molar-refractivity contribution < 1.29 is 0 Å². The zero-order valence-electron chi connectivity index (χ0n) is 11.5. The van der Waals surface area contributed by atoms with Crippen LogP contribution >= 0.6 is 23.4 Å². The zero-order chi connectivity index (χ0) is 14.4. The highest BCUT2D eigenvalue weighted by molar-refractivity contribution is 8.02. The molecule has 1 rings (SSSR count). The van der Waals surface area contributed by atoms with Gasteiger partial charge < -0.3 is 0 Å². The van der Waals surface area contributed by atoms with E-state index in [9.17, 15) is 0 Å². The second-order valence-corrected chi connectivity index (χ2v) is 5.50. The van der Waals surface area contributed by atoms with Crippen molar-refractivity contribution in [3.05, 3.63) is 59.1 Å². The van der Waals surface area contributed by atoms with Gasteiger partial charge in [0.1, 0.15) is 5.16 Å². The Hall–Kier alpha value is -1.25. The zero-order valence-corrected chi connectivity index (χ0v) is 13.1. The quantitative estimate of drug-likeness (QED) is 0.379. The van der Waals surface area contributed by atoms with Gasteiger partial charge in [0, 0.05) is 10.6 Å². The van der Waals surface area contributed by atoms with E-state index in [-0.39, 0.29) is 0 Å². The van der Waals surface area contributed by atoms with E-state index in [1.54, 1.807) is 17.8 Å². The van der Waals surface area contributed by atoms with Gasteiger partial charge in [-0.15, -0.1) is 0 Å². The van der Waals surface area contributed by atoms with Gasteiger partial charge in [-0.25, -0.2) is 4.99 Å². The van der Waals surface area contributed by atoms with Crippen LogP contribution in [-0.2, 0) is 0 Å². The van der Waals surface area contributed by atoms with E-state index in [1.165, 1.54) is 10.5 Å². The number of benzene rings is 1. The van der Waals surface area contributed by atoms with Gasteiger partial charge in [-0.2, -0.15) is 0 Å². The molecule has 0 aliphatic carbocycles. The van der Waals surface area contributed by atoms with E-state index in [0.717, 1.165) is 16.8 Å². The smallest absolute Gasteiger partial charge is 0.132 e. The molecule has 0 amide bonds. The van der Waals surface area contributed by atoms with Crippen LogP contribution in [0.1, 0.15) is 25.0 Å². The van der Waals surface area contributed by atoms with Crippen LogP contribution in [0.3, 0.4) is 0 Å². The Morgan fingerprint density at radius 1 is 1.32 bits per heavy atom. The van der Waals surface area contributed by atoms with Crippen LogP contribution in [0.25, 0.3) is 5.57 Å². The monoisotopic (exact) mass is 291 g/mol. The van der Waals surface area contributed by atoms with Crippen LogP contribution in [0.4, 0.5) is 0 Å². The number of allylic oxidation sites excluding steroid dienone is 2. The van der Waals surface area contributed by atoms with Crippen molar-refractivity contribution in [1.29, 1.82) is 0 Å². The Labute approximate surface area is 124 Å². The Bertz CT molecular complexity index is 556. The third kappa shape index (κ3) is 4.41. The van der Waals surface area contributed by atoms with Crippen LogP contribution in [0.15, 0.2) is 57.9 Å². The number of rotatable bonds is 5. The Kier molecular flexibility index (Phi) is 6.13. The standard InChI is InChI=1S/C16H18ClNS/c1-6-12(4)18-16(17)13(5)14-9-8-11(3)15(10-14)19-7-2/h6-10H,1-2H2,3-5H3/b16-13+,18-12-. The predicted octanol–water partition coefficient (Wildman–Crippen LogP) is 5.80. The summed E-state index contributed by atoms with van der Waals surface area (Å²) in [5, 5.41) is 2.32. The molecule has 3 heteroatoms. The number of nitrogens with zero attached hydrogens (tertiary/aromatic N) is 1. The van der Waals surface area contributed by atoms with Crippen molar-refractivity contribution in [2.75, 3.05) is 0 Å².